The summed E-state index contributed by atoms with van der Waals surface area (Å²) in [6.45, 7) is 2.59. The van der Waals surface area contributed by atoms with E-state index in [1.54, 1.807) is 32.2 Å². The third-order valence-electron chi connectivity index (χ3n) is 4.52. The van der Waals surface area contributed by atoms with Crippen LogP contribution in [0.3, 0.4) is 0 Å². The van der Waals surface area contributed by atoms with E-state index in [0.717, 1.165) is 19.6 Å². The lowest BCUT2D eigenvalue weighted by molar-refractivity contribution is -0.0520. The predicted molar refractivity (Wildman–Crippen MR) is 103 cm³/mol. The van der Waals surface area contributed by atoms with E-state index >= 15 is 0 Å². The maximum Gasteiger partial charge on any atom is 0.387 e. The fourth-order valence-corrected chi connectivity index (χ4v) is 3.27. The molecule has 1 fully saturated rings. The molecule has 1 saturated heterocycles. The number of likely N-dealkylation sites (tertiary alicyclic amines) is 1. The minimum absolute atomic E-state index is 0.0613. The number of para-hydroxylation sites is 1. The summed E-state index contributed by atoms with van der Waals surface area (Å²) in [7, 11) is 3.82. The van der Waals surface area contributed by atoms with Crippen molar-refractivity contribution in [3.8, 4) is 11.5 Å². The molecule has 27 heavy (non-hydrogen) atoms. The van der Waals surface area contributed by atoms with Gasteiger partial charge in [0.25, 0.3) is 0 Å². The Morgan fingerprint density at radius 1 is 1.37 bits per heavy atom. The maximum absolute atomic E-state index is 12.8. The first-order chi connectivity index (χ1) is 13.0. The van der Waals surface area contributed by atoms with Crippen LogP contribution in [0, 0.1) is 5.92 Å². The Morgan fingerprint density at radius 3 is 2.85 bits per heavy atom. The molecule has 2 rings (SSSR count). The van der Waals surface area contributed by atoms with Crippen LogP contribution < -0.4 is 20.1 Å². The second-order valence-corrected chi connectivity index (χ2v) is 6.63. The molecular formula is C19H30F2N4O2. The molecule has 0 bridgehead atoms. The van der Waals surface area contributed by atoms with Gasteiger partial charge in [-0.25, -0.2) is 0 Å². The van der Waals surface area contributed by atoms with Gasteiger partial charge >= 0.3 is 6.61 Å². The highest BCUT2D eigenvalue weighted by atomic mass is 19.3. The van der Waals surface area contributed by atoms with Crippen molar-refractivity contribution in [2.24, 2.45) is 10.9 Å². The van der Waals surface area contributed by atoms with Gasteiger partial charge in [-0.2, -0.15) is 8.78 Å². The van der Waals surface area contributed by atoms with Crippen LogP contribution in [-0.2, 0) is 6.54 Å². The summed E-state index contributed by atoms with van der Waals surface area (Å²) >= 11 is 0. The zero-order valence-electron chi connectivity index (χ0n) is 16.3. The molecule has 0 aliphatic carbocycles. The van der Waals surface area contributed by atoms with E-state index in [1.165, 1.54) is 12.8 Å². The molecule has 1 aromatic carbocycles. The van der Waals surface area contributed by atoms with Crippen LogP contribution in [0.5, 0.6) is 11.5 Å². The van der Waals surface area contributed by atoms with Crippen LogP contribution >= 0.6 is 0 Å². The first-order valence-corrected chi connectivity index (χ1v) is 9.36. The van der Waals surface area contributed by atoms with Gasteiger partial charge in [-0.05, 0) is 45.3 Å². The number of alkyl halides is 2. The van der Waals surface area contributed by atoms with Crippen LogP contribution in [0.15, 0.2) is 23.2 Å². The number of halogens is 2. The highest BCUT2D eigenvalue weighted by molar-refractivity contribution is 5.79. The second kappa shape index (κ2) is 10.9. The number of aliphatic imine (C=N–C) groups is 1. The van der Waals surface area contributed by atoms with E-state index < -0.39 is 6.61 Å². The Hall–Kier alpha value is -2.09. The summed E-state index contributed by atoms with van der Waals surface area (Å²) < 4.78 is 35.7. The van der Waals surface area contributed by atoms with Crippen molar-refractivity contribution in [2.75, 3.05) is 40.3 Å². The molecule has 1 heterocycles. The number of ether oxygens (including phenoxy) is 2. The molecule has 0 saturated carbocycles. The van der Waals surface area contributed by atoms with Gasteiger partial charge in [-0.3, -0.25) is 4.99 Å². The van der Waals surface area contributed by atoms with Crippen molar-refractivity contribution in [1.82, 2.24) is 15.5 Å². The van der Waals surface area contributed by atoms with Crippen molar-refractivity contribution >= 4 is 5.96 Å². The lowest BCUT2D eigenvalue weighted by atomic mass is 9.99. The number of hydrogen-bond donors (Lipinski definition) is 2. The van der Waals surface area contributed by atoms with E-state index in [4.69, 9.17) is 9.47 Å². The summed E-state index contributed by atoms with van der Waals surface area (Å²) in [5.41, 5.74) is 0.585. The summed E-state index contributed by atoms with van der Waals surface area (Å²) in [6, 6.07) is 5.11. The summed E-state index contributed by atoms with van der Waals surface area (Å²) in [5.74, 6) is 1.57. The molecule has 0 spiro atoms. The number of rotatable bonds is 8. The molecule has 2 N–H and O–H groups in total. The topological polar surface area (TPSA) is 58.1 Å². The molecule has 152 valence electrons. The number of benzene rings is 1. The molecular weight excluding hydrogens is 354 g/mol. The van der Waals surface area contributed by atoms with E-state index in [1.807, 2.05) is 0 Å². The van der Waals surface area contributed by atoms with Crippen molar-refractivity contribution < 1.29 is 18.3 Å². The van der Waals surface area contributed by atoms with Crippen LogP contribution in [0.1, 0.15) is 25.3 Å². The van der Waals surface area contributed by atoms with Crippen LogP contribution in [-0.4, -0.2) is 57.8 Å². The highest BCUT2D eigenvalue weighted by Crippen LogP contribution is 2.32. The van der Waals surface area contributed by atoms with Gasteiger partial charge in [0.2, 0.25) is 0 Å². The Kier molecular flexibility index (Phi) is 8.57. The third kappa shape index (κ3) is 6.86. The summed E-state index contributed by atoms with van der Waals surface area (Å²) in [4.78, 5) is 6.55. The molecule has 0 aromatic heterocycles. The zero-order valence-corrected chi connectivity index (χ0v) is 16.3. The van der Waals surface area contributed by atoms with Gasteiger partial charge in [0.05, 0.1) is 6.61 Å². The maximum atomic E-state index is 12.8. The van der Waals surface area contributed by atoms with Crippen molar-refractivity contribution in [3.63, 3.8) is 0 Å². The van der Waals surface area contributed by atoms with Gasteiger partial charge in [0.15, 0.2) is 17.5 Å². The van der Waals surface area contributed by atoms with Gasteiger partial charge < -0.3 is 25.0 Å². The molecule has 0 amide bonds. The average Bonchev–Trinajstić information content (AvgIpc) is 2.64. The van der Waals surface area contributed by atoms with Crippen molar-refractivity contribution in [1.29, 1.82) is 0 Å². The number of piperidine rings is 1. The van der Waals surface area contributed by atoms with E-state index in [2.05, 4.69) is 27.6 Å². The molecule has 1 aliphatic rings. The third-order valence-corrected chi connectivity index (χ3v) is 4.52. The van der Waals surface area contributed by atoms with Gasteiger partial charge in [0, 0.05) is 32.2 Å². The second-order valence-electron chi connectivity index (χ2n) is 6.63. The molecule has 1 aromatic rings. The standard InChI is InChI=1S/C19H30F2N4O2/c1-4-26-16-9-5-8-15(17(16)27-18(20)21)12-24-19(22-2)23-11-14-7-6-10-25(3)13-14/h5,8-9,14,18H,4,6-7,10-13H2,1-3H3,(H2,22,23,24). The Morgan fingerprint density at radius 2 is 2.19 bits per heavy atom. The minimum Gasteiger partial charge on any atom is -0.490 e. The van der Waals surface area contributed by atoms with Crippen molar-refractivity contribution in [2.45, 2.75) is 32.9 Å². The molecule has 1 unspecified atom stereocenters. The first-order valence-electron chi connectivity index (χ1n) is 9.36. The predicted octanol–water partition coefficient (Wildman–Crippen LogP) is 2.69. The Balaban J connectivity index is 1.95. The lowest BCUT2D eigenvalue weighted by Crippen LogP contribution is -2.43. The van der Waals surface area contributed by atoms with Crippen LogP contribution in [0.2, 0.25) is 0 Å². The first kappa shape index (κ1) is 21.2. The summed E-state index contributed by atoms with van der Waals surface area (Å²) in [5, 5.41) is 6.49. The minimum atomic E-state index is -2.91. The fraction of sp³-hybridized carbons (Fsp3) is 0.632. The van der Waals surface area contributed by atoms with Crippen LogP contribution in [0.4, 0.5) is 8.78 Å². The molecule has 1 aliphatic heterocycles. The number of guanidine groups is 1. The van der Waals surface area contributed by atoms with Gasteiger partial charge in [-0.1, -0.05) is 12.1 Å². The van der Waals surface area contributed by atoms with E-state index in [0.29, 0.717) is 36.3 Å². The smallest absolute Gasteiger partial charge is 0.387 e. The van der Waals surface area contributed by atoms with E-state index in [-0.39, 0.29) is 5.75 Å². The quantitative estimate of drug-likeness (QED) is 0.533. The van der Waals surface area contributed by atoms with E-state index in [9.17, 15) is 8.78 Å². The Bertz CT molecular complexity index is 613. The fourth-order valence-electron chi connectivity index (χ4n) is 3.27. The number of hydrogen-bond acceptors (Lipinski definition) is 4. The summed E-state index contributed by atoms with van der Waals surface area (Å²) in [6.07, 6.45) is 2.39. The zero-order chi connectivity index (χ0) is 19.6. The Labute approximate surface area is 159 Å². The average molecular weight is 384 g/mol. The molecule has 1 atom stereocenters. The SMILES string of the molecule is CCOc1cccc(CNC(=NC)NCC2CCCN(C)C2)c1OC(F)F. The normalized spacial score (nSPS) is 18.4. The lowest BCUT2D eigenvalue weighted by Gasteiger charge is -2.30. The number of nitrogens with one attached hydrogen (secondary N) is 2. The van der Waals surface area contributed by atoms with Crippen molar-refractivity contribution in [3.05, 3.63) is 23.8 Å². The molecule has 8 heteroatoms. The highest BCUT2D eigenvalue weighted by Gasteiger charge is 2.18. The van der Waals surface area contributed by atoms with Crippen LogP contribution in [0.25, 0.3) is 0 Å². The van der Waals surface area contributed by atoms with Gasteiger partial charge in [-0.15, -0.1) is 0 Å². The number of nitrogens with zero attached hydrogens (tertiary/aromatic N) is 2. The molecule has 0 radical (unpaired) electrons. The van der Waals surface area contributed by atoms with Gasteiger partial charge in [0.1, 0.15) is 0 Å². The largest absolute Gasteiger partial charge is 0.490 e. The molecule has 6 nitrogen and oxygen atoms in total. The monoisotopic (exact) mass is 384 g/mol.